The first-order valence-corrected chi connectivity index (χ1v) is 10.7. The van der Waals surface area contributed by atoms with Gasteiger partial charge in [-0.1, -0.05) is 25.2 Å². The zero-order valence-corrected chi connectivity index (χ0v) is 14.4. The highest BCUT2D eigenvalue weighted by Crippen LogP contribution is 2.45. The molecule has 0 unspecified atom stereocenters. The summed E-state index contributed by atoms with van der Waals surface area (Å²) in [5.41, 5.74) is 9.51. The first-order valence-electron chi connectivity index (χ1n) is 5.19. The number of thiazole rings is 1. The molecule has 17 heavy (non-hydrogen) atoms. The number of hydrogen-bond acceptors (Lipinski definition) is 5. The van der Waals surface area contributed by atoms with Crippen molar-refractivity contribution in [3.63, 3.8) is 0 Å². The number of hydrogen-bond donors (Lipinski definition) is 1. The standard InChI is InChI=1S/C11H13IN2S3/c1-5(2)8-7(16-17-12)4-6(3)9-10(8)15-11(13)14-9/h4-5H,1-3H3,(H2,13,14). The molecule has 0 saturated carbocycles. The van der Waals surface area contributed by atoms with E-state index >= 15 is 0 Å². The number of anilines is 1. The molecular weight excluding hydrogens is 383 g/mol. The lowest BCUT2D eigenvalue weighted by atomic mass is 10.0. The van der Waals surface area contributed by atoms with Gasteiger partial charge in [-0.3, -0.25) is 0 Å². The van der Waals surface area contributed by atoms with E-state index in [1.54, 1.807) is 19.3 Å². The van der Waals surface area contributed by atoms with Crippen molar-refractivity contribution >= 4 is 66.6 Å². The minimum absolute atomic E-state index is 0.490. The van der Waals surface area contributed by atoms with Crippen LogP contribution >= 0.6 is 51.3 Å². The Morgan fingerprint density at radius 3 is 2.76 bits per heavy atom. The van der Waals surface area contributed by atoms with Crippen LogP contribution in [0.2, 0.25) is 0 Å². The van der Waals surface area contributed by atoms with Crippen LogP contribution in [0.15, 0.2) is 11.0 Å². The van der Waals surface area contributed by atoms with Gasteiger partial charge in [0.1, 0.15) is 0 Å². The Morgan fingerprint density at radius 2 is 2.18 bits per heavy atom. The van der Waals surface area contributed by atoms with E-state index in [9.17, 15) is 0 Å². The Labute approximate surface area is 125 Å². The van der Waals surface area contributed by atoms with E-state index in [4.69, 9.17) is 5.73 Å². The van der Waals surface area contributed by atoms with Crippen LogP contribution in [-0.4, -0.2) is 4.98 Å². The summed E-state index contributed by atoms with van der Waals surface area (Å²) in [6.45, 7) is 6.55. The summed E-state index contributed by atoms with van der Waals surface area (Å²) < 4.78 is 1.26. The summed E-state index contributed by atoms with van der Waals surface area (Å²) in [5.74, 6) is 0.490. The fourth-order valence-corrected chi connectivity index (χ4v) is 6.14. The number of nitrogens with zero attached hydrogens (tertiary/aromatic N) is 1. The molecule has 6 heteroatoms. The predicted octanol–water partition coefficient (Wildman–Crippen LogP) is 5.40. The lowest BCUT2D eigenvalue weighted by molar-refractivity contribution is 0.854. The highest BCUT2D eigenvalue weighted by atomic mass is 127. The molecule has 0 radical (unpaired) electrons. The van der Waals surface area contributed by atoms with Crippen molar-refractivity contribution in [3.05, 3.63) is 17.2 Å². The normalized spacial score (nSPS) is 11.6. The summed E-state index contributed by atoms with van der Waals surface area (Å²) in [4.78, 5) is 5.78. The largest absolute Gasteiger partial charge is 0.375 e. The third kappa shape index (κ3) is 2.69. The van der Waals surface area contributed by atoms with E-state index in [-0.39, 0.29) is 0 Å². The second kappa shape index (κ2) is 5.54. The molecule has 2 N–H and O–H groups in total. The number of benzene rings is 1. The number of aromatic nitrogens is 1. The van der Waals surface area contributed by atoms with Crippen molar-refractivity contribution < 1.29 is 0 Å². The molecule has 0 aliphatic carbocycles. The van der Waals surface area contributed by atoms with Gasteiger partial charge >= 0.3 is 0 Å². The molecule has 0 spiro atoms. The maximum atomic E-state index is 5.85. The van der Waals surface area contributed by atoms with Crippen molar-refractivity contribution in [1.82, 2.24) is 4.98 Å². The number of fused-ring (bicyclic) bond motifs is 1. The van der Waals surface area contributed by atoms with Gasteiger partial charge in [0.05, 0.1) is 10.2 Å². The van der Waals surface area contributed by atoms with Crippen molar-refractivity contribution in [3.8, 4) is 0 Å². The molecule has 92 valence electrons. The molecule has 1 aromatic heterocycles. The van der Waals surface area contributed by atoms with Crippen molar-refractivity contribution in [2.45, 2.75) is 31.6 Å². The quantitative estimate of drug-likeness (QED) is 0.557. The summed E-state index contributed by atoms with van der Waals surface area (Å²) in [6.07, 6.45) is 0. The van der Waals surface area contributed by atoms with Crippen LogP contribution in [0.4, 0.5) is 5.13 Å². The maximum absolute atomic E-state index is 5.85. The van der Waals surface area contributed by atoms with Gasteiger partial charge in [0.25, 0.3) is 0 Å². The molecule has 0 aliphatic heterocycles. The van der Waals surface area contributed by atoms with Crippen molar-refractivity contribution in [2.24, 2.45) is 0 Å². The average molecular weight is 396 g/mol. The summed E-state index contributed by atoms with van der Waals surface area (Å²) >= 11 is 3.92. The molecule has 0 fully saturated rings. The van der Waals surface area contributed by atoms with Gasteiger partial charge in [0.15, 0.2) is 5.13 Å². The SMILES string of the molecule is Cc1cc(SSI)c(C(C)C)c2sc(N)nc12. The first kappa shape index (κ1) is 13.8. The molecule has 0 bridgehead atoms. The van der Waals surface area contributed by atoms with Gasteiger partial charge in [-0.15, -0.1) is 0 Å². The molecule has 0 amide bonds. The number of halogens is 1. The van der Waals surface area contributed by atoms with E-state index in [0.29, 0.717) is 11.0 Å². The second-order valence-corrected chi connectivity index (χ2v) is 10.0. The zero-order chi connectivity index (χ0) is 12.6. The maximum Gasteiger partial charge on any atom is 0.181 e. The minimum atomic E-state index is 0.490. The lowest BCUT2D eigenvalue weighted by Crippen LogP contribution is -1.93. The van der Waals surface area contributed by atoms with Gasteiger partial charge < -0.3 is 5.73 Å². The van der Waals surface area contributed by atoms with Crippen molar-refractivity contribution in [1.29, 1.82) is 0 Å². The van der Waals surface area contributed by atoms with E-state index in [2.05, 4.69) is 53.0 Å². The van der Waals surface area contributed by atoms with E-state index in [1.807, 2.05) is 10.8 Å². The molecular formula is C11H13IN2S3. The third-order valence-electron chi connectivity index (χ3n) is 2.57. The topological polar surface area (TPSA) is 38.9 Å². The lowest BCUT2D eigenvalue weighted by Gasteiger charge is -2.13. The van der Waals surface area contributed by atoms with Crippen LogP contribution in [0.1, 0.15) is 30.9 Å². The predicted molar refractivity (Wildman–Crippen MR) is 90.3 cm³/mol. The minimum Gasteiger partial charge on any atom is -0.375 e. The van der Waals surface area contributed by atoms with E-state index in [0.717, 1.165) is 5.52 Å². The van der Waals surface area contributed by atoms with Gasteiger partial charge in [-0.25, -0.2) is 4.98 Å². The van der Waals surface area contributed by atoms with Crippen molar-refractivity contribution in [2.75, 3.05) is 5.73 Å². The fraction of sp³-hybridized carbons (Fsp3) is 0.364. The zero-order valence-electron chi connectivity index (χ0n) is 9.78. The third-order valence-corrected chi connectivity index (χ3v) is 6.42. The molecule has 2 rings (SSSR count). The molecule has 0 atom stereocenters. The van der Waals surface area contributed by atoms with Gasteiger partial charge in [-0.05, 0) is 48.8 Å². The Morgan fingerprint density at radius 1 is 1.47 bits per heavy atom. The van der Waals surface area contributed by atoms with Crippen LogP contribution in [0, 0.1) is 6.92 Å². The monoisotopic (exact) mass is 396 g/mol. The Bertz CT molecular complexity index is 551. The van der Waals surface area contributed by atoms with Crippen LogP contribution in [-0.2, 0) is 0 Å². The number of nitrogens with two attached hydrogens (primary N) is 1. The molecule has 2 nitrogen and oxygen atoms in total. The number of aryl methyl sites for hydroxylation is 1. The van der Waals surface area contributed by atoms with E-state index in [1.165, 1.54) is 20.7 Å². The summed E-state index contributed by atoms with van der Waals surface area (Å²) in [6, 6.07) is 2.23. The Hall–Kier alpha value is 0.340. The highest BCUT2D eigenvalue weighted by molar-refractivity contribution is 14.2. The highest BCUT2D eigenvalue weighted by Gasteiger charge is 2.17. The van der Waals surface area contributed by atoms with Crippen LogP contribution in [0.5, 0.6) is 0 Å². The van der Waals surface area contributed by atoms with Crippen LogP contribution in [0.25, 0.3) is 10.2 Å². The van der Waals surface area contributed by atoms with Gasteiger partial charge in [-0.2, -0.15) is 0 Å². The molecule has 1 aromatic carbocycles. The number of nitrogen functional groups attached to an aromatic ring is 1. The molecule has 2 aromatic rings. The Kier molecular flexibility index (Phi) is 4.49. The smallest absolute Gasteiger partial charge is 0.181 e. The van der Waals surface area contributed by atoms with Crippen LogP contribution in [0.3, 0.4) is 0 Å². The molecule has 0 saturated heterocycles. The van der Waals surface area contributed by atoms with Gasteiger partial charge in [0, 0.05) is 26.1 Å². The van der Waals surface area contributed by atoms with E-state index < -0.39 is 0 Å². The number of rotatable bonds is 3. The summed E-state index contributed by atoms with van der Waals surface area (Å²) in [7, 11) is 3.56. The van der Waals surface area contributed by atoms with Gasteiger partial charge in [0.2, 0.25) is 0 Å². The average Bonchev–Trinajstić information content (AvgIpc) is 2.60. The second-order valence-electron chi connectivity index (χ2n) is 4.14. The molecule has 0 aliphatic rings. The van der Waals surface area contributed by atoms with Crippen LogP contribution < -0.4 is 5.73 Å². The Balaban J connectivity index is 2.77. The fourth-order valence-electron chi connectivity index (χ4n) is 1.89. The summed E-state index contributed by atoms with van der Waals surface area (Å²) in [5, 5.41) is 0.661. The first-order chi connectivity index (χ1) is 8.04. The molecule has 1 heterocycles.